The van der Waals surface area contributed by atoms with Gasteiger partial charge < -0.3 is 10.0 Å². The second kappa shape index (κ2) is 5.66. The predicted octanol–water partition coefficient (Wildman–Crippen LogP) is 3.97. The van der Waals surface area contributed by atoms with Crippen molar-refractivity contribution in [3.8, 4) is 0 Å². The van der Waals surface area contributed by atoms with E-state index in [4.69, 9.17) is 0 Å². The van der Waals surface area contributed by atoms with Crippen molar-refractivity contribution in [1.82, 2.24) is 0 Å². The lowest BCUT2D eigenvalue weighted by atomic mass is 10.1. The van der Waals surface area contributed by atoms with Gasteiger partial charge in [-0.15, -0.1) is 0 Å². The maximum absolute atomic E-state index is 11.2. The summed E-state index contributed by atoms with van der Waals surface area (Å²) in [5, 5.41) is 10.6. The molecule has 2 aliphatic rings. The first-order valence-electron chi connectivity index (χ1n) is 6.78. The number of carbonyl (C=O) groups excluding carboxylic acids is 1. The molecule has 3 rings (SSSR count). The number of carbonyl (C=O) groups is 1. The molecule has 1 aromatic carbocycles. The van der Waals surface area contributed by atoms with E-state index in [1.165, 1.54) is 22.7 Å². The van der Waals surface area contributed by atoms with Gasteiger partial charge in [-0.3, -0.25) is 4.79 Å². The number of ketones is 1. The van der Waals surface area contributed by atoms with Crippen molar-refractivity contribution >= 4 is 23.2 Å². The van der Waals surface area contributed by atoms with Gasteiger partial charge in [0.05, 0.1) is 10.7 Å². The summed E-state index contributed by atoms with van der Waals surface area (Å²) in [6, 6.07) is 8.31. The topological polar surface area (TPSA) is 40.5 Å². The average Bonchev–Trinajstić information content (AvgIpc) is 2.86. The quantitative estimate of drug-likeness (QED) is 0.897. The smallest absolute Gasteiger partial charge is 0.220 e. The number of aliphatic hydroxyl groups excluding tert-OH is 1. The zero-order valence-corrected chi connectivity index (χ0v) is 12.4. The van der Waals surface area contributed by atoms with E-state index in [2.05, 4.69) is 24.0 Å². The Morgan fingerprint density at radius 2 is 2.05 bits per heavy atom. The fraction of sp³-hybridized carbons (Fsp3) is 0.118. The third kappa shape index (κ3) is 2.67. The minimum Gasteiger partial charge on any atom is -0.504 e. The number of hydrogen-bond donors (Lipinski definition) is 1. The number of hydrogen-bond acceptors (Lipinski definition) is 4. The van der Waals surface area contributed by atoms with E-state index in [0.717, 1.165) is 17.1 Å². The van der Waals surface area contributed by atoms with Gasteiger partial charge >= 0.3 is 0 Å². The zero-order chi connectivity index (χ0) is 14.8. The standard InChI is InChI=1S/C17H15NO2S/c1-2-18-13-5-3-4-6-16(13)21-17(18)10-8-12-7-9-14(19)15(20)11-12/h3-11,20H,2H2,1H3. The van der Waals surface area contributed by atoms with Gasteiger partial charge in [0.2, 0.25) is 5.78 Å². The molecule has 0 unspecified atom stereocenters. The van der Waals surface area contributed by atoms with Gasteiger partial charge in [0.15, 0.2) is 5.76 Å². The van der Waals surface area contributed by atoms with Crippen LogP contribution in [0.25, 0.3) is 0 Å². The van der Waals surface area contributed by atoms with Gasteiger partial charge in [0, 0.05) is 11.4 Å². The first-order valence-corrected chi connectivity index (χ1v) is 7.60. The van der Waals surface area contributed by atoms with Crippen molar-refractivity contribution in [1.29, 1.82) is 0 Å². The normalized spacial score (nSPS) is 21.1. The highest BCUT2D eigenvalue weighted by molar-refractivity contribution is 8.03. The maximum Gasteiger partial charge on any atom is 0.220 e. The van der Waals surface area contributed by atoms with Crippen LogP contribution in [-0.2, 0) is 4.79 Å². The molecule has 1 aliphatic heterocycles. The molecule has 0 fully saturated rings. The van der Waals surface area contributed by atoms with Crippen molar-refractivity contribution in [2.45, 2.75) is 11.8 Å². The lowest BCUT2D eigenvalue weighted by molar-refractivity contribution is -0.113. The number of allylic oxidation sites excluding steroid dienone is 6. The average molecular weight is 297 g/mol. The zero-order valence-electron chi connectivity index (χ0n) is 11.6. The fourth-order valence-corrected chi connectivity index (χ4v) is 3.44. The summed E-state index contributed by atoms with van der Waals surface area (Å²) in [7, 11) is 0. The van der Waals surface area contributed by atoms with Crippen LogP contribution in [0.3, 0.4) is 0 Å². The van der Waals surface area contributed by atoms with Crippen LogP contribution in [-0.4, -0.2) is 17.4 Å². The highest BCUT2D eigenvalue weighted by Crippen LogP contribution is 2.45. The number of aliphatic hydroxyl groups is 1. The molecule has 0 saturated heterocycles. The molecule has 1 aliphatic carbocycles. The summed E-state index contributed by atoms with van der Waals surface area (Å²) in [5.74, 6) is -0.561. The van der Waals surface area contributed by atoms with Crippen LogP contribution in [0.4, 0.5) is 5.69 Å². The minimum absolute atomic E-state index is 0.211. The Hall–Kier alpha value is -2.20. The monoisotopic (exact) mass is 297 g/mol. The third-order valence-corrected chi connectivity index (χ3v) is 4.48. The second-order valence-corrected chi connectivity index (χ2v) is 5.78. The minimum atomic E-state index is -0.349. The number of benzene rings is 1. The molecular weight excluding hydrogens is 282 g/mol. The Bertz CT molecular complexity index is 713. The van der Waals surface area contributed by atoms with E-state index in [1.54, 1.807) is 17.8 Å². The van der Waals surface area contributed by atoms with Crippen LogP contribution >= 0.6 is 11.8 Å². The van der Waals surface area contributed by atoms with Gasteiger partial charge in [-0.25, -0.2) is 0 Å². The lowest BCUT2D eigenvalue weighted by Crippen LogP contribution is -2.16. The van der Waals surface area contributed by atoms with Crippen molar-refractivity contribution in [3.05, 3.63) is 71.0 Å². The highest BCUT2D eigenvalue weighted by atomic mass is 32.2. The first kappa shape index (κ1) is 13.8. The lowest BCUT2D eigenvalue weighted by Gasteiger charge is -2.17. The molecular formula is C17H15NO2S. The highest BCUT2D eigenvalue weighted by Gasteiger charge is 2.22. The van der Waals surface area contributed by atoms with E-state index < -0.39 is 0 Å². The third-order valence-electron chi connectivity index (χ3n) is 3.35. The molecule has 0 bridgehead atoms. The van der Waals surface area contributed by atoms with Crippen LogP contribution in [0.1, 0.15) is 6.92 Å². The first-order chi connectivity index (χ1) is 10.2. The second-order valence-electron chi connectivity index (χ2n) is 4.71. The Kier molecular flexibility index (Phi) is 3.71. The fourth-order valence-electron chi connectivity index (χ4n) is 2.31. The number of para-hydroxylation sites is 1. The SMILES string of the molecule is CCN1C(=CC=C2C=CC(=O)C(O)=C2)Sc2ccccc21. The largest absolute Gasteiger partial charge is 0.504 e. The summed E-state index contributed by atoms with van der Waals surface area (Å²) in [6.07, 6.45) is 8.52. The van der Waals surface area contributed by atoms with Crippen LogP contribution in [0.2, 0.25) is 0 Å². The Morgan fingerprint density at radius 3 is 2.81 bits per heavy atom. The molecule has 0 aromatic heterocycles. The molecule has 0 spiro atoms. The van der Waals surface area contributed by atoms with Gasteiger partial charge in [-0.1, -0.05) is 36.0 Å². The summed E-state index contributed by atoms with van der Waals surface area (Å²) >= 11 is 1.73. The molecule has 106 valence electrons. The molecule has 0 amide bonds. The van der Waals surface area contributed by atoms with E-state index in [1.807, 2.05) is 24.3 Å². The van der Waals surface area contributed by atoms with Crippen LogP contribution in [0.15, 0.2) is 75.9 Å². The number of anilines is 1. The van der Waals surface area contributed by atoms with Crippen molar-refractivity contribution < 1.29 is 9.90 Å². The molecule has 4 heteroatoms. The van der Waals surface area contributed by atoms with Crippen molar-refractivity contribution in [2.75, 3.05) is 11.4 Å². The summed E-state index contributed by atoms with van der Waals surface area (Å²) < 4.78 is 0. The number of nitrogens with zero attached hydrogens (tertiary/aromatic N) is 1. The predicted molar refractivity (Wildman–Crippen MR) is 86.3 cm³/mol. The van der Waals surface area contributed by atoms with Gasteiger partial charge in [0.1, 0.15) is 0 Å². The van der Waals surface area contributed by atoms with Crippen LogP contribution in [0.5, 0.6) is 0 Å². The van der Waals surface area contributed by atoms with E-state index in [0.29, 0.717) is 0 Å². The molecule has 0 atom stereocenters. The van der Waals surface area contributed by atoms with Gasteiger partial charge in [-0.05, 0) is 42.9 Å². The molecule has 0 saturated carbocycles. The van der Waals surface area contributed by atoms with Crippen LogP contribution in [0, 0.1) is 0 Å². The molecule has 3 nitrogen and oxygen atoms in total. The number of rotatable bonds is 2. The molecule has 21 heavy (non-hydrogen) atoms. The summed E-state index contributed by atoms with van der Waals surface area (Å²) in [5.41, 5.74) is 2.04. The molecule has 1 aromatic rings. The van der Waals surface area contributed by atoms with E-state index >= 15 is 0 Å². The van der Waals surface area contributed by atoms with Gasteiger partial charge in [0.25, 0.3) is 0 Å². The Morgan fingerprint density at radius 1 is 1.24 bits per heavy atom. The molecule has 0 radical (unpaired) electrons. The van der Waals surface area contributed by atoms with Gasteiger partial charge in [-0.2, -0.15) is 0 Å². The van der Waals surface area contributed by atoms with Crippen LogP contribution < -0.4 is 4.90 Å². The Labute approximate surface area is 128 Å². The molecule has 1 N–H and O–H groups in total. The van der Waals surface area contributed by atoms with E-state index in [9.17, 15) is 9.90 Å². The number of fused-ring (bicyclic) bond motifs is 1. The van der Waals surface area contributed by atoms with Crippen molar-refractivity contribution in [3.63, 3.8) is 0 Å². The molecule has 1 heterocycles. The number of thioether (sulfide) groups is 1. The Balaban J connectivity index is 1.89. The van der Waals surface area contributed by atoms with E-state index in [-0.39, 0.29) is 11.5 Å². The van der Waals surface area contributed by atoms with Crippen molar-refractivity contribution in [2.24, 2.45) is 0 Å². The summed E-state index contributed by atoms with van der Waals surface area (Å²) in [4.78, 5) is 14.7. The maximum atomic E-state index is 11.2. The summed E-state index contributed by atoms with van der Waals surface area (Å²) in [6.45, 7) is 3.02.